The van der Waals surface area contributed by atoms with E-state index < -0.39 is 0 Å². The van der Waals surface area contributed by atoms with Crippen LogP contribution in [0.25, 0.3) is 0 Å². The molecule has 1 heterocycles. The average molecular weight is 254 g/mol. The molecule has 5 heteroatoms. The standard InChI is InChI=1S/C12H16ClN3O/c1-8-6-16(7-11(8)14)12(17)15-10-4-2-3-9(13)5-10/h2-5,8,11H,6-7,14H2,1H3,(H,15,17). The highest BCUT2D eigenvalue weighted by atomic mass is 35.5. The summed E-state index contributed by atoms with van der Waals surface area (Å²) in [6.45, 7) is 3.36. The van der Waals surface area contributed by atoms with Crippen molar-refractivity contribution in [1.82, 2.24) is 4.90 Å². The van der Waals surface area contributed by atoms with Gasteiger partial charge in [0.2, 0.25) is 0 Å². The van der Waals surface area contributed by atoms with Gasteiger partial charge in [0.05, 0.1) is 0 Å². The van der Waals surface area contributed by atoms with Gasteiger partial charge in [0.15, 0.2) is 0 Å². The fraction of sp³-hybridized carbons (Fsp3) is 0.417. The first-order chi connectivity index (χ1) is 8.06. The van der Waals surface area contributed by atoms with E-state index in [1.54, 1.807) is 23.1 Å². The van der Waals surface area contributed by atoms with Gasteiger partial charge in [-0.3, -0.25) is 0 Å². The fourth-order valence-corrected chi connectivity index (χ4v) is 2.12. The molecule has 1 fully saturated rings. The van der Waals surface area contributed by atoms with Crippen LogP contribution < -0.4 is 11.1 Å². The molecule has 2 amide bonds. The summed E-state index contributed by atoms with van der Waals surface area (Å²) >= 11 is 5.85. The number of urea groups is 1. The van der Waals surface area contributed by atoms with E-state index >= 15 is 0 Å². The number of amides is 2. The Kier molecular flexibility index (Phi) is 3.54. The van der Waals surface area contributed by atoms with Crippen LogP contribution in [0.3, 0.4) is 0 Å². The van der Waals surface area contributed by atoms with E-state index in [2.05, 4.69) is 12.2 Å². The maximum Gasteiger partial charge on any atom is 0.321 e. The SMILES string of the molecule is CC1CN(C(=O)Nc2cccc(Cl)c2)CC1N. The van der Waals surface area contributed by atoms with Crippen LogP contribution in [0, 0.1) is 5.92 Å². The highest BCUT2D eigenvalue weighted by molar-refractivity contribution is 6.30. The van der Waals surface area contributed by atoms with Crippen LogP contribution in [0.4, 0.5) is 10.5 Å². The molecule has 92 valence electrons. The third-order valence-corrected chi connectivity index (χ3v) is 3.27. The van der Waals surface area contributed by atoms with Crippen LogP contribution in [0.15, 0.2) is 24.3 Å². The maximum atomic E-state index is 11.9. The van der Waals surface area contributed by atoms with E-state index in [0.717, 1.165) is 0 Å². The maximum absolute atomic E-state index is 11.9. The number of nitrogens with zero attached hydrogens (tertiary/aromatic N) is 1. The second-order valence-corrected chi connectivity index (χ2v) is 4.92. The number of hydrogen-bond acceptors (Lipinski definition) is 2. The molecule has 0 aliphatic carbocycles. The zero-order chi connectivity index (χ0) is 12.4. The van der Waals surface area contributed by atoms with E-state index in [1.165, 1.54) is 0 Å². The Morgan fingerprint density at radius 2 is 2.29 bits per heavy atom. The van der Waals surface area contributed by atoms with Gasteiger partial charge in [-0.1, -0.05) is 24.6 Å². The number of anilines is 1. The van der Waals surface area contributed by atoms with Gasteiger partial charge >= 0.3 is 6.03 Å². The van der Waals surface area contributed by atoms with Crippen molar-refractivity contribution in [2.45, 2.75) is 13.0 Å². The van der Waals surface area contributed by atoms with Crippen LogP contribution in [-0.4, -0.2) is 30.1 Å². The predicted octanol–water partition coefficient (Wildman–Crippen LogP) is 2.15. The Bertz CT molecular complexity index is 414. The van der Waals surface area contributed by atoms with Crippen molar-refractivity contribution in [3.8, 4) is 0 Å². The summed E-state index contributed by atoms with van der Waals surface area (Å²) in [4.78, 5) is 13.7. The van der Waals surface area contributed by atoms with Gasteiger partial charge in [-0.25, -0.2) is 4.79 Å². The first-order valence-electron chi connectivity index (χ1n) is 5.63. The van der Waals surface area contributed by atoms with E-state index in [4.69, 9.17) is 17.3 Å². The van der Waals surface area contributed by atoms with Crippen LogP contribution >= 0.6 is 11.6 Å². The summed E-state index contributed by atoms with van der Waals surface area (Å²) in [7, 11) is 0. The quantitative estimate of drug-likeness (QED) is 0.806. The van der Waals surface area contributed by atoms with Crippen LogP contribution in [-0.2, 0) is 0 Å². The average Bonchev–Trinajstić information content (AvgIpc) is 2.59. The monoisotopic (exact) mass is 253 g/mol. The third kappa shape index (κ3) is 2.90. The molecule has 0 spiro atoms. The van der Waals surface area contributed by atoms with Gasteiger partial charge in [-0.15, -0.1) is 0 Å². The molecule has 0 saturated carbocycles. The number of hydrogen-bond donors (Lipinski definition) is 2. The van der Waals surface area contributed by atoms with E-state index in [0.29, 0.717) is 29.7 Å². The Morgan fingerprint density at radius 3 is 2.88 bits per heavy atom. The molecule has 2 atom stereocenters. The van der Waals surface area contributed by atoms with Gasteiger partial charge in [0, 0.05) is 29.8 Å². The lowest BCUT2D eigenvalue weighted by Gasteiger charge is -2.16. The summed E-state index contributed by atoms with van der Waals surface area (Å²) in [5, 5.41) is 3.42. The Balaban J connectivity index is 1.98. The number of nitrogens with one attached hydrogen (secondary N) is 1. The number of carbonyl (C=O) groups excluding carboxylic acids is 1. The summed E-state index contributed by atoms with van der Waals surface area (Å²) in [5.41, 5.74) is 6.59. The zero-order valence-electron chi connectivity index (χ0n) is 9.69. The van der Waals surface area contributed by atoms with E-state index in [-0.39, 0.29) is 12.1 Å². The Hall–Kier alpha value is -1.26. The highest BCUT2D eigenvalue weighted by Gasteiger charge is 2.29. The van der Waals surface area contributed by atoms with E-state index in [1.807, 2.05) is 6.07 Å². The smallest absolute Gasteiger partial charge is 0.321 e. The van der Waals surface area contributed by atoms with Crippen molar-refractivity contribution in [3.63, 3.8) is 0 Å². The van der Waals surface area contributed by atoms with Crippen molar-refractivity contribution < 1.29 is 4.79 Å². The van der Waals surface area contributed by atoms with Crippen LogP contribution in [0.5, 0.6) is 0 Å². The van der Waals surface area contributed by atoms with Crippen molar-refractivity contribution >= 4 is 23.3 Å². The number of benzene rings is 1. The largest absolute Gasteiger partial charge is 0.326 e. The molecule has 17 heavy (non-hydrogen) atoms. The molecule has 1 aliphatic heterocycles. The highest BCUT2D eigenvalue weighted by Crippen LogP contribution is 2.18. The minimum absolute atomic E-state index is 0.0695. The lowest BCUT2D eigenvalue weighted by Crippen LogP contribution is -2.35. The minimum Gasteiger partial charge on any atom is -0.326 e. The van der Waals surface area contributed by atoms with Gasteiger partial charge in [0.1, 0.15) is 0 Å². The molecular weight excluding hydrogens is 238 g/mol. The third-order valence-electron chi connectivity index (χ3n) is 3.03. The molecule has 0 bridgehead atoms. The lowest BCUT2D eigenvalue weighted by atomic mass is 10.1. The minimum atomic E-state index is -0.118. The van der Waals surface area contributed by atoms with Gasteiger partial charge in [0.25, 0.3) is 0 Å². The van der Waals surface area contributed by atoms with Crippen molar-refractivity contribution in [2.75, 3.05) is 18.4 Å². The molecule has 4 nitrogen and oxygen atoms in total. The molecular formula is C12H16ClN3O. The van der Waals surface area contributed by atoms with Crippen LogP contribution in [0.1, 0.15) is 6.92 Å². The molecule has 1 aromatic carbocycles. The molecule has 1 saturated heterocycles. The molecule has 0 aromatic heterocycles. The van der Waals surface area contributed by atoms with Gasteiger partial charge in [-0.05, 0) is 24.1 Å². The van der Waals surface area contributed by atoms with Gasteiger partial charge in [-0.2, -0.15) is 0 Å². The molecule has 0 radical (unpaired) electrons. The second-order valence-electron chi connectivity index (χ2n) is 4.49. The summed E-state index contributed by atoms with van der Waals surface area (Å²) in [6, 6.07) is 7.05. The first kappa shape index (κ1) is 12.2. The fourth-order valence-electron chi connectivity index (χ4n) is 1.93. The number of carbonyl (C=O) groups is 1. The molecule has 2 rings (SSSR count). The second kappa shape index (κ2) is 4.94. The number of rotatable bonds is 1. The lowest BCUT2D eigenvalue weighted by molar-refractivity contribution is 0.221. The molecule has 3 N–H and O–H groups in total. The van der Waals surface area contributed by atoms with E-state index in [9.17, 15) is 4.79 Å². The van der Waals surface area contributed by atoms with Crippen molar-refractivity contribution in [1.29, 1.82) is 0 Å². The molecule has 1 aliphatic rings. The normalized spacial score (nSPS) is 23.8. The Labute approximate surface area is 106 Å². The summed E-state index contributed by atoms with van der Waals surface area (Å²) in [5.74, 6) is 0.347. The first-order valence-corrected chi connectivity index (χ1v) is 6.01. The zero-order valence-corrected chi connectivity index (χ0v) is 10.4. The predicted molar refractivity (Wildman–Crippen MR) is 69.2 cm³/mol. The number of halogens is 1. The van der Waals surface area contributed by atoms with Gasteiger partial charge < -0.3 is 16.0 Å². The topological polar surface area (TPSA) is 58.4 Å². The summed E-state index contributed by atoms with van der Waals surface area (Å²) in [6.07, 6.45) is 0. The molecule has 2 unspecified atom stereocenters. The van der Waals surface area contributed by atoms with Crippen molar-refractivity contribution in [2.24, 2.45) is 11.7 Å². The van der Waals surface area contributed by atoms with Crippen molar-refractivity contribution in [3.05, 3.63) is 29.3 Å². The molecule has 1 aromatic rings. The van der Waals surface area contributed by atoms with Crippen LogP contribution in [0.2, 0.25) is 5.02 Å². The number of likely N-dealkylation sites (tertiary alicyclic amines) is 1. The Morgan fingerprint density at radius 1 is 1.53 bits per heavy atom. The number of nitrogens with two attached hydrogens (primary N) is 1. The summed E-state index contributed by atoms with van der Waals surface area (Å²) < 4.78 is 0.